The number of rotatable bonds is 8. The molecule has 1 N–H and O–H groups in total. The molecule has 3 aromatic rings. The van der Waals surface area contributed by atoms with E-state index < -0.39 is 0 Å². The van der Waals surface area contributed by atoms with Crippen molar-refractivity contribution in [3.63, 3.8) is 0 Å². The van der Waals surface area contributed by atoms with Crippen LogP contribution in [-0.4, -0.2) is 26.7 Å². The molecule has 3 aromatic carbocycles. The molecule has 0 radical (unpaired) electrons. The lowest BCUT2D eigenvalue weighted by Gasteiger charge is -2.31. The molecule has 0 spiro atoms. The summed E-state index contributed by atoms with van der Waals surface area (Å²) >= 11 is 0. The second-order valence-corrected chi connectivity index (χ2v) is 8.53. The number of hydrogen-bond donors (Lipinski definition) is 1. The summed E-state index contributed by atoms with van der Waals surface area (Å²) in [7, 11) is 3.31. The van der Waals surface area contributed by atoms with E-state index in [1.54, 1.807) is 14.2 Å². The summed E-state index contributed by atoms with van der Waals surface area (Å²) in [4.78, 5) is 13.5. The van der Waals surface area contributed by atoms with E-state index in [1.165, 1.54) is 5.56 Å². The number of carbonyl (C=O) groups excluding carboxylic acids is 1. The summed E-state index contributed by atoms with van der Waals surface area (Å²) in [5.74, 6) is 1.16. The number of ether oxygens (including phenoxy) is 2. The fraction of sp³-hybridized carbons (Fsp3) is 0.321. The zero-order valence-corrected chi connectivity index (χ0v) is 18.8. The largest absolute Gasteiger partial charge is 0.493 e. The Morgan fingerprint density at radius 1 is 0.844 bits per heavy atom. The zero-order valence-electron chi connectivity index (χ0n) is 18.8. The highest BCUT2D eigenvalue weighted by molar-refractivity contribution is 5.87. The molecule has 1 saturated carbocycles. The molecule has 0 heterocycles. The van der Waals surface area contributed by atoms with Crippen LogP contribution < -0.4 is 14.8 Å². The predicted molar refractivity (Wildman–Crippen MR) is 127 cm³/mol. The first-order valence-electron chi connectivity index (χ1n) is 11.3. The van der Waals surface area contributed by atoms with Crippen LogP contribution in [0.5, 0.6) is 11.5 Å². The van der Waals surface area contributed by atoms with Gasteiger partial charge in [0.25, 0.3) is 0 Å². The average molecular weight is 430 g/mol. The van der Waals surface area contributed by atoms with Gasteiger partial charge in [-0.1, -0.05) is 79.6 Å². The third kappa shape index (κ3) is 4.50. The number of nitrogens with one attached hydrogen (secondary N) is 1. The lowest BCUT2D eigenvalue weighted by Crippen LogP contribution is -2.41. The minimum Gasteiger partial charge on any atom is -0.493 e. The van der Waals surface area contributed by atoms with E-state index >= 15 is 0 Å². The lowest BCUT2D eigenvalue weighted by atomic mass is 9.78. The van der Waals surface area contributed by atoms with Gasteiger partial charge < -0.3 is 14.8 Å². The molecule has 1 amide bonds. The lowest BCUT2D eigenvalue weighted by molar-refractivity contribution is -0.122. The normalized spacial score (nSPS) is 14.8. The van der Waals surface area contributed by atoms with Crippen LogP contribution in [0.1, 0.15) is 48.3 Å². The summed E-state index contributed by atoms with van der Waals surface area (Å²) in [5.41, 5.74) is 3.11. The van der Waals surface area contributed by atoms with E-state index in [0.29, 0.717) is 6.54 Å². The maximum Gasteiger partial charge on any atom is 0.232 e. The molecule has 1 fully saturated rings. The van der Waals surface area contributed by atoms with Crippen molar-refractivity contribution in [2.75, 3.05) is 20.8 Å². The zero-order chi connectivity index (χ0) is 22.4. The van der Waals surface area contributed by atoms with Crippen LogP contribution in [0, 0.1) is 0 Å². The maximum absolute atomic E-state index is 13.5. The van der Waals surface area contributed by atoms with E-state index in [4.69, 9.17) is 9.47 Å². The van der Waals surface area contributed by atoms with Crippen LogP contribution >= 0.6 is 0 Å². The van der Waals surface area contributed by atoms with Crippen LogP contribution in [0.2, 0.25) is 0 Å². The molecule has 0 aliphatic heterocycles. The summed E-state index contributed by atoms with van der Waals surface area (Å²) in [5, 5.41) is 3.32. The minimum absolute atomic E-state index is 0.0363. The third-order valence-electron chi connectivity index (χ3n) is 6.69. The van der Waals surface area contributed by atoms with Gasteiger partial charge in [-0.15, -0.1) is 0 Å². The van der Waals surface area contributed by atoms with Crippen molar-refractivity contribution in [2.45, 2.75) is 37.0 Å². The van der Waals surface area contributed by atoms with E-state index in [-0.39, 0.29) is 17.2 Å². The van der Waals surface area contributed by atoms with Crippen molar-refractivity contribution in [1.29, 1.82) is 0 Å². The van der Waals surface area contributed by atoms with Gasteiger partial charge in [0.2, 0.25) is 5.91 Å². The van der Waals surface area contributed by atoms with Crippen LogP contribution in [-0.2, 0) is 10.2 Å². The molecule has 0 atom stereocenters. The van der Waals surface area contributed by atoms with Crippen molar-refractivity contribution < 1.29 is 14.3 Å². The van der Waals surface area contributed by atoms with Crippen LogP contribution in [0.15, 0.2) is 78.9 Å². The Labute approximate surface area is 190 Å². The molecule has 4 nitrogen and oxygen atoms in total. The van der Waals surface area contributed by atoms with Gasteiger partial charge in [0.05, 0.1) is 20.1 Å². The van der Waals surface area contributed by atoms with E-state index in [9.17, 15) is 4.79 Å². The number of benzene rings is 3. The van der Waals surface area contributed by atoms with Crippen molar-refractivity contribution in [3.8, 4) is 11.5 Å². The third-order valence-corrected chi connectivity index (χ3v) is 6.69. The highest BCUT2D eigenvalue weighted by Gasteiger charge is 2.37. The molecule has 166 valence electrons. The second kappa shape index (κ2) is 9.90. The molecule has 0 aromatic heterocycles. The van der Waals surface area contributed by atoms with Gasteiger partial charge >= 0.3 is 0 Å². The topological polar surface area (TPSA) is 47.6 Å². The Kier molecular flexibility index (Phi) is 6.79. The molecule has 1 aliphatic carbocycles. The van der Waals surface area contributed by atoms with Crippen molar-refractivity contribution in [3.05, 3.63) is 95.6 Å². The first-order valence-corrected chi connectivity index (χ1v) is 11.3. The van der Waals surface area contributed by atoms with Gasteiger partial charge in [0, 0.05) is 12.0 Å². The molecular formula is C28H31NO3. The van der Waals surface area contributed by atoms with Crippen molar-refractivity contribution in [1.82, 2.24) is 5.32 Å². The summed E-state index contributed by atoms with van der Waals surface area (Å²) in [6.45, 7) is 0.609. The van der Waals surface area contributed by atoms with Gasteiger partial charge in [-0.25, -0.2) is 0 Å². The van der Waals surface area contributed by atoms with Gasteiger partial charge in [0.15, 0.2) is 11.5 Å². The molecule has 0 bridgehead atoms. The SMILES string of the molecule is COc1ccc(C2(CNC(=O)C(c3ccccc3)c3ccccc3)CCCC2)cc1OC. The van der Waals surface area contributed by atoms with E-state index in [2.05, 4.69) is 17.4 Å². The fourth-order valence-corrected chi connectivity index (χ4v) is 4.93. The monoisotopic (exact) mass is 429 g/mol. The Morgan fingerprint density at radius 3 is 1.94 bits per heavy atom. The van der Waals surface area contributed by atoms with Gasteiger partial charge in [-0.05, 0) is 41.7 Å². The Morgan fingerprint density at radius 2 is 1.41 bits per heavy atom. The molecule has 0 saturated heterocycles. The summed E-state index contributed by atoms with van der Waals surface area (Å²) in [6.07, 6.45) is 4.41. The quantitative estimate of drug-likeness (QED) is 0.517. The standard InChI is InChI=1S/C28H31NO3/c1-31-24-16-15-23(19-25(24)32-2)28(17-9-10-18-28)20-29-27(30)26(21-11-5-3-6-12-21)22-13-7-4-8-14-22/h3-8,11-16,19,26H,9-10,17-18,20H2,1-2H3,(H,29,30). The van der Waals surface area contributed by atoms with Gasteiger partial charge in [-0.2, -0.15) is 0 Å². The van der Waals surface area contributed by atoms with Crippen LogP contribution in [0.25, 0.3) is 0 Å². The summed E-state index contributed by atoms with van der Waals surface area (Å²) in [6, 6.07) is 26.2. The Hall–Kier alpha value is -3.27. The minimum atomic E-state index is -0.332. The highest BCUT2D eigenvalue weighted by Crippen LogP contribution is 2.43. The number of carbonyl (C=O) groups is 1. The Balaban J connectivity index is 1.60. The number of hydrogen-bond acceptors (Lipinski definition) is 3. The van der Waals surface area contributed by atoms with Crippen molar-refractivity contribution >= 4 is 5.91 Å². The van der Waals surface area contributed by atoms with Crippen LogP contribution in [0.4, 0.5) is 0 Å². The van der Waals surface area contributed by atoms with Crippen LogP contribution in [0.3, 0.4) is 0 Å². The number of amides is 1. The second-order valence-electron chi connectivity index (χ2n) is 8.53. The predicted octanol–water partition coefficient (Wildman–Crippen LogP) is 5.46. The first kappa shape index (κ1) is 21.9. The van der Waals surface area contributed by atoms with E-state index in [1.807, 2.05) is 66.7 Å². The number of methoxy groups -OCH3 is 2. The maximum atomic E-state index is 13.5. The van der Waals surface area contributed by atoms with Gasteiger partial charge in [0.1, 0.15) is 0 Å². The molecule has 0 unspecified atom stereocenters. The average Bonchev–Trinajstić information content (AvgIpc) is 3.34. The molecular weight excluding hydrogens is 398 g/mol. The molecule has 4 heteroatoms. The fourth-order valence-electron chi connectivity index (χ4n) is 4.93. The molecule has 32 heavy (non-hydrogen) atoms. The molecule has 4 rings (SSSR count). The first-order chi connectivity index (χ1) is 15.7. The smallest absolute Gasteiger partial charge is 0.232 e. The Bertz CT molecular complexity index is 988. The van der Waals surface area contributed by atoms with E-state index in [0.717, 1.165) is 48.3 Å². The highest BCUT2D eigenvalue weighted by atomic mass is 16.5. The summed E-state index contributed by atoms with van der Waals surface area (Å²) < 4.78 is 11.0. The molecule has 1 aliphatic rings. The van der Waals surface area contributed by atoms with Gasteiger partial charge in [-0.3, -0.25) is 4.79 Å². The van der Waals surface area contributed by atoms with Crippen molar-refractivity contribution in [2.24, 2.45) is 0 Å².